The molecule has 2 N–H and O–H groups in total. The van der Waals surface area contributed by atoms with Crippen molar-refractivity contribution < 1.29 is 23.0 Å². The van der Waals surface area contributed by atoms with E-state index in [0.717, 1.165) is 6.42 Å². The Hall–Kier alpha value is -3.19. The minimum Gasteiger partial charge on any atom is -0.395 e. The zero-order valence-electron chi connectivity index (χ0n) is 17.5. The summed E-state index contributed by atoms with van der Waals surface area (Å²) in [6.45, 7) is 6.13. The molecule has 2 aromatic heterocycles. The first-order chi connectivity index (χ1) is 14.8. The minimum atomic E-state index is -3.74. The van der Waals surface area contributed by atoms with Crippen molar-refractivity contribution in [2.24, 2.45) is 0 Å². The normalized spacial score (nSPS) is 16.3. The number of nitrogen functional groups attached to an aromatic ring is 1. The van der Waals surface area contributed by atoms with E-state index in [0.29, 0.717) is 36.1 Å². The smallest absolute Gasteiger partial charge is 0.395 e. The molecule has 1 aromatic carbocycles. The summed E-state index contributed by atoms with van der Waals surface area (Å²) < 4.78 is 43.2. The Morgan fingerprint density at radius 3 is 2.77 bits per heavy atom. The molecule has 4 rings (SSSR count). The number of anilines is 1. The van der Waals surface area contributed by atoms with Crippen LogP contribution in [0.2, 0.25) is 0 Å². The fourth-order valence-electron chi connectivity index (χ4n) is 3.27. The van der Waals surface area contributed by atoms with Gasteiger partial charge in [0.05, 0.1) is 12.2 Å². The van der Waals surface area contributed by atoms with Crippen molar-refractivity contribution >= 4 is 22.5 Å². The van der Waals surface area contributed by atoms with Crippen LogP contribution >= 0.6 is 0 Å². The zero-order valence-corrected chi connectivity index (χ0v) is 17.5. The molecule has 0 amide bonds. The van der Waals surface area contributed by atoms with Crippen molar-refractivity contribution in [2.45, 2.75) is 65.0 Å². The molecular formula is C21H23F2N5O3. The number of hydrogen-bond donors (Lipinski definition) is 1. The first-order valence-corrected chi connectivity index (χ1v) is 10.1. The number of aryl methyl sites for hydroxylation is 1. The monoisotopic (exact) mass is 431 g/mol. The summed E-state index contributed by atoms with van der Waals surface area (Å²) in [6.07, 6.45) is -0.745. The molecule has 2 atom stereocenters. The van der Waals surface area contributed by atoms with Crippen molar-refractivity contribution in [1.29, 1.82) is 0 Å². The highest BCUT2D eigenvalue weighted by atomic mass is 19.3. The lowest BCUT2D eigenvalue weighted by molar-refractivity contribution is -0.286. The predicted molar refractivity (Wildman–Crippen MR) is 110 cm³/mol. The second-order valence-electron chi connectivity index (χ2n) is 7.41. The maximum absolute atomic E-state index is 13.5. The fraction of sp³-hybridized carbons (Fsp3) is 0.476. The summed E-state index contributed by atoms with van der Waals surface area (Å²) in [7, 11) is 0. The maximum atomic E-state index is 13.5. The van der Waals surface area contributed by atoms with Gasteiger partial charge in [0.1, 0.15) is 5.52 Å². The molecule has 8 nitrogen and oxygen atoms in total. The third-order valence-corrected chi connectivity index (χ3v) is 4.91. The number of halogens is 2. The Kier molecular flexibility index (Phi) is 5.54. The quantitative estimate of drug-likeness (QED) is 0.594. The third-order valence-electron chi connectivity index (χ3n) is 4.91. The highest BCUT2D eigenvalue weighted by Gasteiger charge is 2.44. The van der Waals surface area contributed by atoms with E-state index in [4.69, 9.17) is 10.5 Å². The molecule has 0 fully saturated rings. The van der Waals surface area contributed by atoms with E-state index in [1.807, 2.05) is 13.8 Å². The van der Waals surface area contributed by atoms with Crippen molar-refractivity contribution in [2.75, 3.05) is 5.73 Å². The van der Waals surface area contributed by atoms with Crippen LogP contribution in [0.1, 0.15) is 45.9 Å². The number of nitrogens with zero attached hydrogens (tertiary/aromatic N) is 4. The molecular weight excluding hydrogens is 408 g/mol. The Morgan fingerprint density at radius 2 is 2.00 bits per heavy atom. The van der Waals surface area contributed by atoms with E-state index in [-0.39, 0.29) is 35.2 Å². The molecule has 0 saturated carbocycles. The van der Waals surface area contributed by atoms with E-state index >= 15 is 0 Å². The van der Waals surface area contributed by atoms with Crippen molar-refractivity contribution in [1.82, 2.24) is 19.6 Å². The molecule has 0 saturated heterocycles. The fourth-order valence-corrected chi connectivity index (χ4v) is 3.27. The summed E-state index contributed by atoms with van der Waals surface area (Å²) in [5.74, 6) is 6.50. The molecule has 1 aliphatic rings. The molecule has 0 aliphatic carbocycles. The Labute approximate surface area is 177 Å². The average Bonchev–Trinajstić information content (AvgIpc) is 3.28. The minimum absolute atomic E-state index is 0.00979. The number of alkyl halides is 2. The summed E-state index contributed by atoms with van der Waals surface area (Å²) in [5, 5.41) is 4.85. The van der Waals surface area contributed by atoms with Crippen molar-refractivity contribution in [3.8, 4) is 23.3 Å². The predicted octanol–water partition coefficient (Wildman–Crippen LogP) is 3.71. The summed E-state index contributed by atoms with van der Waals surface area (Å²) >= 11 is 0. The second kappa shape index (κ2) is 8.15. The van der Waals surface area contributed by atoms with Gasteiger partial charge in [0.2, 0.25) is 5.95 Å². The molecule has 3 heterocycles. The number of aromatic nitrogens is 4. The van der Waals surface area contributed by atoms with Crippen molar-refractivity contribution in [3.63, 3.8) is 0 Å². The number of benzene rings is 1. The van der Waals surface area contributed by atoms with Crippen LogP contribution in [0.25, 0.3) is 16.6 Å². The summed E-state index contributed by atoms with van der Waals surface area (Å²) in [6, 6.07) is 2.97. The van der Waals surface area contributed by atoms with Crippen LogP contribution in [0.4, 0.5) is 14.7 Å². The van der Waals surface area contributed by atoms with Crippen molar-refractivity contribution in [3.05, 3.63) is 18.0 Å². The van der Waals surface area contributed by atoms with Gasteiger partial charge in [-0.25, -0.2) is 9.97 Å². The van der Waals surface area contributed by atoms with Gasteiger partial charge in [-0.05, 0) is 32.4 Å². The molecule has 0 unspecified atom stereocenters. The molecule has 31 heavy (non-hydrogen) atoms. The SMILES string of the molecule is CC[C@H](C)O[C@H](C)CC#CCCc1nc2c3ccc4c(c3nc(N)n2n1)OC(F)(F)O4. The van der Waals surface area contributed by atoms with Crippen LogP contribution in [0.15, 0.2) is 12.1 Å². The van der Waals surface area contributed by atoms with E-state index in [1.165, 1.54) is 10.6 Å². The molecule has 1 aliphatic heterocycles. The zero-order chi connectivity index (χ0) is 22.2. The van der Waals surface area contributed by atoms with E-state index in [1.54, 1.807) is 6.07 Å². The van der Waals surface area contributed by atoms with E-state index < -0.39 is 6.29 Å². The van der Waals surface area contributed by atoms with Gasteiger partial charge in [-0.3, -0.25) is 0 Å². The van der Waals surface area contributed by atoms with Crippen LogP contribution in [-0.4, -0.2) is 38.1 Å². The first kappa shape index (κ1) is 21.1. The third kappa shape index (κ3) is 4.32. The number of rotatable bonds is 6. The van der Waals surface area contributed by atoms with Gasteiger partial charge in [-0.1, -0.05) is 6.92 Å². The largest absolute Gasteiger partial charge is 0.586 e. The van der Waals surface area contributed by atoms with Gasteiger partial charge in [-0.2, -0.15) is 4.52 Å². The molecule has 0 radical (unpaired) electrons. The van der Waals surface area contributed by atoms with Crippen LogP contribution in [0, 0.1) is 11.8 Å². The average molecular weight is 431 g/mol. The molecule has 164 valence electrons. The molecule has 0 spiro atoms. The van der Waals surface area contributed by atoms with Gasteiger partial charge in [0.25, 0.3) is 0 Å². The van der Waals surface area contributed by atoms with Gasteiger partial charge >= 0.3 is 6.29 Å². The Bertz CT molecular complexity index is 1180. The number of fused-ring (bicyclic) bond motifs is 5. The van der Waals surface area contributed by atoms with E-state index in [9.17, 15) is 8.78 Å². The van der Waals surface area contributed by atoms with Gasteiger partial charge in [0, 0.05) is 24.6 Å². The maximum Gasteiger partial charge on any atom is 0.586 e. The topological polar surface area (TPSA) is 96.8 Å². The van der Waals surface area contributed by atoms with E-state index in [2.05, 4.69) is 43.3 Å². The second-order valence-corrected chi connectivity index (χ2v) is 7.41. The number of nitrogens with two attached hydrogens (primary N) is 1. The highest BCUT2D eigenvalue weighted by molar-refractivity contribution is 5.97. The van der Waals surface area contributed by atoms with Gasteiger partial charge < -0.3 is 19.9 Å². The number of hydrogen-bond acceptors (Lipinski definition) is 7. The first-order valence-electron chi connectivity index (χ1n) is 10.1. The lowest BCUT2D eigenvalue weighted by Crippen LogP contribution is -2.26. The lowest BCUT2D eigenvalue weighted by atomic mass is 10.2. The molecule has 10 heteroatoms. The Balaban J connectivity index is 1.51. The lowest BCUT2D eigenvalue weighted by Gasteiger charge is -2.15. The van der Waals surface area contributed by atoms with Crippen LogP contribution in [0.3, 0.4) is 0 Å². The summed E-state index contributed by atoms with van der Waals surface area (Å²) in [5.41, 5.74) is 6.53. The van der Waals surface area contributed by atoms with Crippen LogP contribution < -0.4 is 15.2 Å². The summed E-state index contributed by atoms with van der Waals surface area (Å²) in [4.78, 5) is 8.67. The standard InChI is InChI=1S/C21H23F2N5O3/c1-4-12(2)29-13(3)8-6-5-7-9-16-25-19-14-10-11-15-18(31-21(22,23)30-15)17(14)26-20(24)28(19)27-16/h10-13H,4,7-9H2,1-3H3,(H2,24,26)/t12-,13+/m0/s1. The van der Waals surface area contributed by atoms with Gasteiger partial charge in [0.15, 0.2) is 23.0 Å². The van der Waals surface area contributed by atoms with Gasteiger partial charge in [-0.15, -0.1) is 25.7 Å². The Morgan fingerprint density at radius 1 is 1.19 bits per heavy atom. The molecule has 3 aromatic rings. The van der Waals surface area contributed by atoms with Crippen LogP contribution in [0.5, 0.6) is 11.5 Å². The highest BCUT2D eigenvalue weighted by Crippen LogP contribution is 2.45. The number of ether oxygens (including phenoxy) is 3. The molecule has 0 bridgehead atoms. The van der Waals surface area contributed by atoms with Crippen LogP contribution in [-0.2, 0) is 11.2 Å².